The lowest BCUT2D eigenvalue weighted by molar-refractivity contribution is 0.327. The minimum atomic E-state index is 0.365. The zero-order valence-corrected chi connectivity index (χ0v) is 10.3. The summed E-state index contributed by atoms with van der Waals surface area (Å²) in [5.41, 5.74) is 0. The molecule has 1 aromatic heterocycles. The molecule has 1 aromatic rings. The largest absolute Gasteiger partial charge is 0.481 e. The molecule has 0 spiro atoms. The molecule has 16 heavy (non-hydrogen) atoms. The monoisotopic (exact) mass is 241 g/mol. The van der Waals surface area contributed by atoms with Gasteiger partial charge in [-0.2, -0.15) is 4.98 Å². The molecular weight excluding hydrogens is 226 g/mol. The van der Waals surface area contributed by atoms with Crippen LogP contribution in [0.25, 0.3) is 0 Å². The number of hydrogen-bond acceptors (Lipinski definition) is 4. The van der Waals surface area contributed by atoms with Crippen LogP contribution in [0.15, 0.2) is 12.3 Å². The van der Waals surface area contributed by atoms with E-state index in [2.05, 4.69) is 14.9 Å². The molecule has 88 valence electrons. The molecule has 0 bridgehead atoms. The second-order valence-electron chi connectivity index (χ2n) is 4.21. The van der Waals surface area contributed by atoms with Crippen molar-refractivity contribution in [1.29, 1.82) is 0 Å². The van der Waals surface area contributed by atoms with Gasteiger partial charge < -0.3 is 9.64 Å². The van der Waals surface area contributed by atoms with Gasteiger partial charge in [0.25, 0.3) is 0 Å². The van der Waals surface area contributed by atoms with Gasteiger partial charge in [-0.05, 0) is 18.8 Å². The van der Waals surface area contributed by atoms with Gasteiger partial charge in [0.2, 0.25) is 11.8 Å². The Bertz CT molecular complexity index is 355. The smallest absolute Gasteiger partial charge is 0.228 e. The molecule has 5 heteroatoms. The van der Waals surface area contributed by atoms with Gasteiger partial charge >= 0.3 is 0 Å². The van der Waals surface area contributed by atoms with Crippen LogP contribution >= 0.6 is 11.6 Å². The highest BCUT2D eigenvalue weighted by Crippen LogP contribution is 2.32. The van der Waals surface area contributed by atoms with E-state index in [9.17, 15) is 0 Å². The lowest BCUT2D eigenvalue weighted by Gasteiger charge is -2.34. The van der Waals surface area contributed by atoms with Crippen molar-refractivity contribution in [2.24, 2.45) is 5.92 Å². The minimum absolute atomic E-state index is 0.365. The van der Waals surface area contributed by atoms with Crippen molar-refractivity contribution in [3.63, 3.8) is 0 Å². The summed E-state index contributed by atoms with van der Waals surface area (Å²) >= 11 is 5.95. The standard InChI is InChI=1S/C11H16ClN3O/c1-15(7-8-5-9(12)6-8)11-13-4-3-10(14-11)16-2/h3-4,8-9H,5-7H2,1-2H3. The average Bonchev–Trinajstić information content (AvgIpc) is 2.27. The van der Waals surface area contributed by atoms with Gasteiger partial charge in [-0.1, -0.05) is 0 Å². The Kier molecular flexibility index (Phi) is 3.49. The molecule has 1 heterocycles. The van der Waals surface area contributed by atoms with E-state index in [1.54, 1.807) is 19.4 Å². The number of anilines is 1. The molecule has 0 aliphatic heterocycles. The van der Waals surface area contributed by atoms with Gasteiger partial charge in [-0.15, -0.1) is 11.6 Å². The second kappa shape index (κ2) is 4.87. The molecule has 1 aliphatic carbocycles. The first kappa shape index (κ1) is 11.5. The fourth-order valence-corrected chi connectivity index (χ4v) is 2.41. The molecule has 0 radical (unpaired) electrons. The topological polar surface area (TPSA) is 38.2 Å². The van der Waals surface area contributed by atoms with Crippen LogP contribution < -0.4 is 9.64 Å². The first-order valence-corrected chi connectivity index (χ1v) is 5.85. The summed E-state index contributed by atoms with van der Waals surface area (Å²) in [4.78, 5) is 10.6. The maximum atomic E-state index is 5.95. The number of hydrogen-bond donors (Lipinski definition) is 0. The predicted molar refractivity (Wildman–Crippen MR) is 64.2 cm³/mol. The number of nitrogens with zero attached hydrogens (tertiary/aromatic N) is 3. The van der Waals surface area contributed by atoms with Crippen molar-refractivity contribution < 1.29 is 4.74 Å². The van der Waals surface area contributed by atoms with Crippen LogP contribution in [0.3, 0.4) is 0 Å². The summed E-state index contributed by atoms with van der Waals surface area (Å²) in [6.07, 6.45) is 3.90. The van der Waals surface area contributed by atoms with Crippen LogP contribution in [0.1, 0.15) is 12.8 Å². The van der Waals surface area contributed by atoms with Gasteiger partial charge in [-0.25, -0.2) is 4.98 Å². The van der Waals surface area contributed by atoms with Crippen molar-refractivity contribution in [3.05, 3.63) is 12.3 Å². The Morgan fingerprint density at radius 3 is 2.94 bits per heavy atom. The van der Waals surface area contributed by atoms with Crippen molar-refractivity contribution in [3.8, 4) is 5.88 Å². The molecule has 2 rings (SSSR count). The molecule has 1 aliphatic rings. The molecule has 0 amide bonds. The fourth-order valence-electron chi connectivity index (χ4n) is 1.90. The molecule has 0 atom stereocenters. The number of rotatable bonds is 4. The van der Waals surface area contributed by atoms with Crippen LogP contribution in [0.4, 0.5) is 5.95 Å². The van der Waals surface area contributed by atoms with E-state index >= 15 is 0 Å². The summed E-state index contributed by atoms with van der Waals surface area (Å²) < 4.78 is 5.07. The summed E-state index contributed by atoms with van der Waals surface area (Å²) in [6, 6.07) is 1.75. The molecule has 1 fully saturated rings. The quantitative estimate of drug-likeness (QED) is 0.756. The van der Waals surface area contributed by atoms with E-state index in [-0.39, 0.29) is 0 Å². The maximum absolute atomic E-state index is 5.95. The first-order valence-electron chi connectivity index (χ1n) is 5.41. The molecule has 0 aromatic carbocycles. The van der Waals surface area contributed by atoms with Crippen LogP contribution in [0.2, 0.25) is 0 Å². The van der Waals surface area contributed by atoms with E-state index < -0.39 is 0 Å². The van der Waals surface area contributed by atoms with E-state index in [4.69, 9.17) is 16.3 Å². The van der Waals surface area contributed by atoms with E-state index in [1.165, 1.54) is 0 Å². The Hall–Kier alpha value is -1.03. The Labute approximate surface area is 101 Å². The van der Waals surface area contributed by atoms with E-state index in [0.29, 0.717) is 23.1 Å². The molecule has 0 saturated heterocycles. The van der Waals surface area contributed by atoms with Gasteiger partial charge in [-0.3, -0.25) is 0 Å². The van der Waals surface area contributed by atoms with Crippen molar-refractivity contribution >= 4 is 17.5 Å². The van der Waals surface area contributed by atoms with Gasteiger partial charge in [0, 0.05) is 31.2 Å². The van der Waals surface area contributed by atoms with E-state index in [1.807, 2.05) is 7.05 Å². The number of methoxy groups -OCH3 is 1. The van der Waals surface area contributed by atoms with Crippen molar-refractivity contribution in [2.45, 2.75) is 18.2 Å². The number of aromatic nitrogens is 2. The van der Waals surface area contributed by atoms with Crippen LogP contribution in [0.5, 0.6) is 5.88 Å². The highest BCUT2D eigenvalue weighted by atomic mass is 35.5. The summed E-state index contributed by atoms with van der Waals surface area (Å²) in [7, 11) is 3.60. The highest BCUT2D eigenvalue weighted by Gasteiger charge is 2.28. The molecular formula is C11H16ClN3O. The van der Waals surface area contributed by atoms with Crippen LogP contribution in [-0.4, -0.2) is 36.0 Å². The second-order valence-corrected chi connectivity index (χ2v) is 4.83. The normalized spacial score (nSPS) is 23.7. The molecule has 4 nitrogen and oxygen atoms in total. The third kappa shape index (κ3) is 2.55. The lowest BCUT2D eigenvalue weighted by atomic mass is 9.84. The lowest BCUT2D eigenvalue weighted by Crippen LogP contribution is -2.35. The van der Waals surface area contributed by atoms with Gasteiger partial charge in [0.15, 0.2) is 0 Å². The highest BCUT2D eigenvalue weighted by molar-refractivity contribution is 6.21. The zero-order valence-electron chi connectivity index (χ0n) is 9.56. The third-order valence-corrected chi connectivity index (χ3v) is 3.23. The van der Waals surface area contributed by atoms with Gasteiger partial charge in [0.05, 0.1) is 7.11 Å². The fraction of sp³-hybridized carbons (Fsp3) is 0.636. The van der Waals surface area contributed by atoms with Crippen LogP contribution in [0, 0.1) is 5.92 Å². The number of halogens is 1. The van der Waals surface area contributed by atoms with E-state index in [0.717, 1.165) is 19.4 Å². The third-order valence-electron chi connectivity index (χ3n) is 2.88. The molecule has 1 saturated carbocycles. The summed E-state index contributed by atoms with van der Waals surface area (Å²) in [5.74, 6) is 1.97. The Morgan fingerprint density at radius 2 is 2.31 bits per heavy atom. The van der Waals surface area contributed by atoms with Crippen LogP contribution in [-0.2, 0) is 0 Å². The maximum Gasteiger partial charge on any atom is 0.228 e. The number of ether oxygens (including phenoxy) is 1. The zero-order chi connectivity index (χ0) is 11.5. The SMILES string of the molecule is COc1ccnc(N(C)CC2CC(Cl)C2)n1. The first-order chi connectivity index (χ1) is 7.69. The molecule has 0 unspecified atom stereocenters. The van der Waals surface area contributed by atoms with Crippen molar-refractivity contribution in [2.75, 3.05) is 25.6 Å². The predicted octanol–water partition coefficient (Wildman–Crippen LogP) is 1.94. The average molecular weight is 242 g/mol. The minimum Gasteiger partial charge on any atom is -0.481 e. The molecule has 0 N–H and O–H groups in total. The Balaban J connectivity index is 1.94. The number of alkyl halides is 1. The Morgan fingerprint density at radius 1 is 1.56 bits per heavy atom. The summed E-state index contributed by atoms with van der Waals surface area (Å²) in [6.45, 7) is 0.955. The van der Waals surface area contributed by atoms with Crippen molar-refractivity contribution in [1.82, 2.24) is 9.97 Å². The summed E-state index contributed by atoms with van der Waals surface area (Å²) in [5, 5.41) is 0.365. The van der Waals surface area contributed by atoms with Gasteiger partial charge in [0.1, 0.15) is 0 Å².